The van der Waals surface area contributed by atoms with E-state index in [1.807, 2.05) is 24.3 Å². The number of aliphatic hydroxyl groups is 1. The molecule has 0 fully saturated rings. The Labute approximate surface area is 110 Å². The summed E-state index contributed by atoms with van der Waals surface area (Å²) in [6.07, 6.45) is 0.653. The van der Waals surface area contributed by atoms with E-state index >= 15 is 0 Å². The van der Waals surface area contributed by atoms with Crippen LogP contribution in [0.1, 0.15) is 38.9 Å². The van der Waals surface area contributed by atoms with E-state index in [2.05, 4.69) is 26.1 Å². The van der Waals surface area contributed by atoms with E-state index in [0.29, 0.717) is 18.5 Å². The standard InChI is InChI=1S/C15H25NO2/c1-11(2)9-12(3)16-10-15(17)13-5-7-14(18-4)8-6-13/h5-8,11-12,15-17H,9-10H2,1-4H3. The highest BCUT2D eigenvalue weighted by atomic mass is 16.5. The Morgan fingerprint density at radius 1 is 1.17 bits per heavy atom. The molecular formula is C15H25NO2. The molecule has 3 heteroatoms. The fraction of sp³-hybridized carbons (Fsp3) is 0.600. The summed E-state index contributed by atoms with van der Waals surface area (Å²) in [6.45, 7) is 7.15. The topological polar surface area (TPSA) is 41.5 Å². The van der Waals surface area contributed by atoms with E-state index in [-0.39, 0.29) is 0 Å². The quantitative estimate of drug-likeness (QED) is 0.783. The first-order valence-corrected chi connectivity index (χ1v) is 6.58. The van der Waals surface area contributed by atoms with Crippen LogP contribution >= 0.6 is 0 Å². The number of hydrogen-bond donors (Lipinski definition) is 2. The van der Waals surface area contributed by atoms with Crippen LogP contribution in [0.5, 0.6) is 5.75 Å². The van der Waals surface area contributed by atoms with Crippen molar-refractivity contribution in [2.75, 3.05) is 13.7 Å². The molecule has 0 spiro atoms. The van der Waals surface area contributed by atoms with Crippen molar-refractivity contribution in [1.82, 2.24) is 5.32 Å². The van der Waals surface area contributed by atoms with E-state index in [0.717, 1.165) is 17.7 Å². The molecule has 0 aliphatic rings. The first-order valence-electron chi connectivity index (χ1n) is 6.58. The number of rotatable bonds is 7. The van der Waals surface area contributed by atoms with Gasteiger partial charge in [-0.1, -0.05) is 26.0 Å². The maximum absolute atomic E-state index is 10.1. The Kier molecular flexibility index (Phi) is 6.16. The average Bonchev–Trinajstić information content (AvgIpc) is 2.35. The van der Waals surface area contributed by atoms with E-state index in [1.165, 1.54) is 0 Å². The average molecular weight is 251 g/mol. The molecular weight excluding hydrogens is 226 g/mol. The number of aliphatic hydroxyl groups excluding tert-OH is 1. The Bertz CT molecular complexity index is 335. The van der Waals surface area contributed by atoms with Gasteiger partial charge in [0.15, 0.2) is 0 Å². The van der Waals surface area contributed by atoms with E-state index in [1.54, 1.807) is 7.11 Å². The lowest BCUT2D eigenvalue weighted by molar-refractivity contribution is 0.169. The van der Waals surface area contributed by atoms with Gasteiger partial charge in [-0.2, -0.15) is 0 Å². The molecule has 0 aliphatic heterocycles. The highest BCUT2D eigenvalue weighted by Crippen LogP contribution is 2.17. The molecule has 0 amide bonds. The van der Waals surface area contributed by atoms with Crippen LogP contribution in [0.4, 0.5) is 0 Å². The van der Waals surface area contributed by atoms with Gasteiger partial charge in [-0.05, 0) is 37.0 Å². The molecule has 1 rings (SSSR count). The van der Waals surface area contributed by atoms with Gasteiger partial charge < -0.3 is 15.2 Å². The molecule has 2 N–H and O–H groups in total. The highest BCUT2D eigenvalue weighted by molar-refractivity contribution is 5.28. The Balaban J connectivity index is 2.42. The van der Waals surface area contributed by atoms with Crippen LogP contribution in [0.25, 0.3) is 0 Å². The minimum absolute atomic E-state index is 0.429. The zero-order valence-electron chi connectivity index (χ0n) is 11.8. The Morgan fingerprint density at radius 3 is 2.28 bits per heavy atom. The monoisotopic (exact) mass is 251 g/mol. The van der Waals surface area contributed by atoms with Crippen LogP contribution < -0.4 is 10.1 Å². The molecule has 0 heterocycles. The normalized spacial score (nSPS) is 14.6. The van der Waals surface area contributed by atoms with Gasteiger partial charge in [0.2, 0.25) is 0 Å². The lowest BCUT2D eigenvalue weighted by Gasteiger charge is -2.19. The second-order valence-corrected chi connectivity index (χ2v) is 5.23. The van der Waals surface area contributed by atoms with E-state index in [4.69, 9.17) is 4.74 Å². The third-order valence-corrected chi connectivity index (χ3v) is 2.99. The third kappa shape index (κ3) is 5.07. The summed E-state index contributed by atoms with van der Waals surface area (Å²) in [5.74, 6) is 1.48. The number of methoxy groups -OCH3 is 1. The number of nitrogens with one attached hydrogen (secondary N) is 1. The molecule has 1 aromatic carbocycles. The van der Waals surface area contributed by atoms with Crippen molar-refractivity contribution in [3.63, 3.8) is 0 Å². The first kappa shape index (κ1) is 15.0. The molecule has 18 heavy (non-hydrogen) atoms. The fourth-order valence-electron chi connectivity index (χ4n) is 2.05. The molecule has 0 saturated heterocycles. The summed E-state index contributed by atoms with van der Waals surface area (Å²) in [5, 5.41) is 13.4. The minimum atomic E-state index is -0.467. The van der Waals surface area contributed by atoms with Gasteiger partial charge in [0.25, 0.3) is 0 Å². The SMILES string of the molecule is COc1ccc(C(O)CNC(C)CC(C)C)cc1. The summed E-state index contributed by atoms with van der Waals surface area (Å²) in [6, 6.07) is 7.97. The molecule has 0 radical (unpaired) electrons. The first-order chi connectivity index (χ1) is 8.52. The number of ether oxygens (including phenoxy) is 1. The maximum atomic E-state index is 10.1. The Hall–Kier alpha value is -1.06. The number of benzene rings is 1. The maximum Gasteiger partial charge on any atom is 0.118 e. The smallest absolute Gasteiger partial charge is 0.118 e. The number of hydrogen-bond acceptors (Lipinski definition) is 3. The van der Waals surface area contributed by atoms with Crippen LogP contribution in [0.15, 0.2) is 24.3 Å². The molecule has 102 valence electrons. The van der Waals surface area contributed by atoms with Gasteiger partial charge in [0.1, 0.15) is 5.75 Å². The zero-order chi connectivity index (χ0) is 13.5. The molecule has 1 aromatic rings. The van der Waals surface area contributed by atoms with Crippen molar-refractivity contribution >= 4 is 0 Å². The summed E-state index contributed by atoms with van der Waals surface area (Å²) in [7, 11) is 1.64. The van der Waals surface area contributed by atoms with Gasteiger partial charge >= 0.3 is 0 Å². The van der Waals surface area contributed by atoms with Crippen molar-refractivity contribution < 1.29 is 9.84 Å². The molecule has 0 bridgehead atoms. The van der Waals surface area contributed by atoms with Crippen LogP contribution in [0.3, 0.4) is 0 Å². The lowest BCUT2D eigenvalue weighted by atomic mass is 10.0. The van der Waals surface area contributed by atoms with Crippen molar-refractivity contribution in [2.45, 2.75) is 39.3 Å². The van der Waals surface area contributed by atoms with Gasteiger partial charge in [-0.25, -0.2) is 0 Å². The molecule has 2 unspecified atom stereocenters. The van der Waals surface area contributed by atoms with Gasteiger partial charge in [0.05, 0.1) is 13.2 Å². The molecule has 0 saturated carbocycles. The second kappa shape index (κ2) is 7.39. The summed E-state index contributed by atoms with van der Waals surface area (Å²) in [4.78, 5) is 0. The molecule has 2 atom stereocenters. The summed E-state index contributed by atoms with van der Waals surface area (Å²) in [5.41, 5.74) is 0.917. The van der Waals surface area contributed by atoms with Crippen LogP contribution in [0.2, 0.25) is 0 Å². The van der Waals surface area contributed by atoms with Gasteiger partial charge in [-0.15, -0.1) is 0 Å². The van der Waals surface area contributed by atoms with Crippen LogP contribution in [-0.4, -0.2) is 24.8 Å². The van der Waals surface area contributed by atoms with Crippen LogP contribution in [0, 0.1) is 5.92 Å². The minimum Gasteiger partial charge on any atom is -0.497 e. The zero-order valence-corrected chi connectivity index (χ0v) is 11.8. The largest absolute Gasteiger partial charge is 0.497 e. The fourth-order valence-corrected chi connectivity index (χ4v) is 2.05. The van der Waals surface area contributed by atoms with Crippen molar-refractivity contribution in [3.05, 3.63) is 29.8 Å². The van der Waals surface area contributed by atoms with Gasteiger partial charge in [0, 0.05) is 12.6 Å². The molecule has 0 aromatic heterocycles. The summed E-state index contributed by atoms with van der Waals surface area (Å²) >= 11 is 0. The van der Waals surface area contributed by atoms with Crippen molar-refractivity contribution in [1.29, 1.82) is 0 Å². The van der Waals surface area contributed by atoms with E-state index < -0.39 is 6.10 Å². The second-order valence-electron chi connectivity index (χ2n) is 5.23. The van der Waals surface area contributed by atoms with Crippen molar-refractivity contribution in [2.24, 2.45) is 5.92 Å². The predicted octanol–water partition coefficient (Wildman–Crippen LogP) is 2.75. The predicted molar refractivity (Wildman–Crippen MR) is 74.9 cm³/mol. The molecule has 0 aliphatic carbocycles. The van der Waals surface area contributed by atoms with Gasteiger partial charge in [-0.3, -0.25) is 0 Å². The lowest BCUT2D eigenvalue weighted by Crippen LogP contribution is -2.31. The molecule has 3 nitrogen and oxygen atoms in total. The summed E-state index contributed by atoms with van der Waals surface area (Å²) < 4.78 is 5.09. The Morgan fingerprint density at radius 2 is 1.78 bits per heavy atom. The third-order valence-electron chi connectivity index (χ3n) is 2.99. The van der Waals surface area contributed by atoms with E-state index in [9.17, 15) is 5.11 Å². The van der Waals surface area contributed by atoms with Crippen molar-refractivity contribution in [3.8, 4) is 5.75 Å². The van der Waals surface area contributed by atoms with Crippen LogP contribution in [-0.2, 0) is 0 Å². The highest BCUT2D eigenvalue weighted by Gasteiger charge is 2.10.